The first kappa shape index (κ1) is 14.6. The molecule has 0 aromatic rings. The molecule has 6 nitrogen and oxygen atoms in total. The van der Waals surface area contributed by atoms with E-state index < -0.39 is 19.3 Å². The summed E-state index contributed by atoms with van der Waals surface area (Å²) in [5, 5.41) is 8.46. The average Bonchev–Trinajstić information content (AvgIpc) is 2.14. The average molecular weight is 239 g/mol. The predicted molar refractivity (Wildman–Crippen MR) is 55.7 cm³/mol. The largest absolute Gasteiger partial charge is 0.481 e. The quantitative estimate of drug-likeness (QED) is 0.621. The van der Waals surface area contributed by atoms with E-state index in [1.54, 1.807) is 13.8 Å². The van der Waals surface area contributed by atoms with Gasteiger partial charge < -0.3 is 19.9 Å². The Morgan fingerprint density at radius 3 is 2.20 bits per heavy atom. The van der Waals surface area contributed by atoms with Crippen LogP contribution in [0.1, 0.15) is 26.7 Å². The molecule has 0 fully saturated rings. The molecule has 0 bridgehead atoms. The maximum absolute atomic E-state index is 12.0. The van der Waals surface area contributed by atoms with Gasteiger partial charge in [-0.1, -0.05) is 0 Å². The summed E-state index contributed by atoms with van der Waals surface area (Å²) in [6.07, 6.45) is -0.0715. The molecule has 0 aromatic heterocycles. The molecule has 0 saturated heterocycles. The van der Waals surface area contributed by atoms with E-state index in [2.05, 4.69) is 0 Å². The van der Waals surface area contributed by atoms with Gasteiger partial charge in [-0.3, -0.25) is 9.36 Å². The molecule has 0 unspecified atom stereocenters. The Hall–Kier alpha value is -0.420. The first-order valence-corrected chi connectivity index (χ1v) is 6.43. The van der Waals surface area contributed by atoms with Crippen molar-refractivity contribution in [3.63, 3.8) is 0 Å². The standard InChI is InChI=1S/C8H18NO5P/c1-3-13-15(12,14-4-2)7(9)5-6-8(10)11/h7H,3-6,9H2,1-2H3,(H,10,11)/t7-/m1/s1. The molecule has 0 saturated carbocycles. The molecular weight excluding hydrogens is 221 g/mol. The Morgan fingerprint density at radius 2 is 1.87 bits per heavy atom. The number of nitrogens with two attached hydrogens (primary N) is 1. The minimum Gasteiger partial charge on any atom is -0.481 e. The minimum absolute atomic E-state index is 0.0760. The molecule has 0 rings (SSSR count). The molecule has 0 aliphatic rings. The fourth-order valence-corrected chi connectivity index (χ4v) is 2.64. The topological polar surface area (TPSA) is 98.9 Å². The summed E-state index contributed by atoms with van der Waals surface area (Å²) in [6.45, 7) is 3.79. The minimum atomic E-state index is -3.35. The zero-order valence-corrected chi connectivity index (χ0v) is 9.90. The molecule has 1 atom stereocenters. The molecule has 3 N–H and O–H groups in total. The van der Waals surface area contributed by atoms with Crippen LogP contribution in [0.25, 0.3) is 0 Å². The van der Waals surface area contributed by atoms with E-state index in [9.17, 15) is 9.36 Å². The highest BCUT2D eigenvalue weighted by molar-refractivity contribution is 7.54. The first-order valence-electron chi connectivity index (χ1n) is 4.82. The van der Waals surface area contributed by atoms with Crippen molar-refractivity contribution in [3.05, 3.63) is 0 Å². The summed E-state index contributed by atoms with van der Waals surface area (Å²) in [4.78, 5) is 10.3. The number of carboxylic acids is 1. The third kappa shape index (κ3) is 5.28. The number of hydrogen-bond acceptors (Lipinski definition) is 5. The van der Waals surface area contributed by atoms with Crippen molar-refractivity contribution in [1.29, 1.82) is 0 Å². The van der Waals surface area contributed by atoms with Gasteiger partial charge in [-0.2, -0.15) is 0 Å². The second-order valence-electron chi connectivity index (χ2n) is 2.88. The van der Waals surface area contributed by atoms with Crippen LogP contribution < -0.4 is 5.73 Å². The van der Waals surface area contributed by atoms with Gasteiger partial charge in [-0.05, 0) is 20.3 Å². The van der Waals surface area contributed by atoms with E-state index in [1.807, 2.05) is 0 Å². The Balaban J connectivity index is 4.34. The number of rotatable bonds is 8. The van der Waals surface area contributed by atoms with Crippen LogP contribution in [0, 0.1) is 0 Å². The van der Waals surface area contributed by atoms with Gasteiger partial charge in [0.25, 0.3) is 0 Å². The fourth-order valence-electron chi connectivity index (χ4n) is 1.02. The van der Waals surface area contributed by atoms with Crippen molar-refractivity contribution in [2.45, 2.75) is 32.5 Å². The summed E-state index contributed by atoms with van der Waals surface area (Å²) in [5.74, 6) is -1.86. The molecule has 15 heavy (non-hydrogen) atoms. The van der Waals surface area contributed by atoms with Gasteiger partial charge in [0.1, 0.15) is 5.78 Å². The molecule has 0 amide bonds. The molecule has 0 spiro atoms. The van der Waals surface area contributed by atoms with Crippen LogP contribution >= 0.6 is 7.60 Å². The van der Waals surface area contributed by atoms with Gasteiger partial charge in [0.15, 0.2) is 0 Å². The van der Waals surface area contributed by atoms with Gasteiger partial charge in [0.2, 0.25) is 0 Å². The van der Waals surface area contributed by atoms with Crippen molar-refractivity contribution in [2.24, 2.45) is 5.73 Å². The van der Waals surface area contributed by atoms with Crippen LogP contribution in [0.2, 0.25) is 0 Å². The van der Waals surface area contributed by atoms with E-state index in [-0.39, 0.29) is 26.1 Å². The highest BCUT2D eigenvalue weighted by Gasteiger charge is 2.32. The third-order valence-electron chi connectivity index (χ3n) is 1.68. The smallest absolute Gasteiger partial charge is 0.347 e. The zero-order chi connectivity index (χ0) is 11.9. The molecule has 0 aliphatic heterocycles. The van der Waals surface area contributed by atoms with E-state index in [0.717, 1.165) is 0 Å². The van der Waals surface area contributed by atoms with Gasteiger partial charge in [-0.15, -0.1) is 0 Å². The first-order chi connectivity index (χ1) is 6.96. The Morgan fingerprint density at radius 1 is 1.40 bits per heavy atom. The molecule has 0 aliphatic carbocycles. The van der Waals surface area contributed by atoms with Crippen molar-refractivity contribution in [3.8, 4) is 0 Å². The highest BCUT2D eigenvalue weighted by atomic mass is 31.2. The van der Waals surface area contributed by atoms with Crippen LogP contribution in [0.5, 0.6) is 0 Å². The van der Waals surface area contributed by atoms with Gasteiger partial charge in [0.05, 0.1) is 13.2 Å². The second-order valence-corrected chi connectivity index (χ2v) is 5.13. The summed E-state index contributed by atoms with van der Waals surface area (Å²) >= 11 is 0. The molecule has 0 aromatic carbocycles. The predicted octanol–water partition coefficient (Wildman–Crippen LogP) is 1.40. The Labute approximate surface area is 89.3 Å². The number of aliphatic carboxylic acids is 1. The van der Waals surface area contributed by atoms with Crippen LogP contribution in [-0.2, 0) is 18.4 Å². The fraction of sp³-hybridized carbons (Fsp3) is 0.875. The van der Waals surface area contributed by atoms with Gasteiger partial charge >= 0.3 is 13.6 Å². The van der Waals surface area contributed by atoms with Crippen molar-refractivity contribution >= 4 is 13.6 Å². The van der Waals surface area contributed by atoms with Crippen molar-refractivity contribution in [1.82, 2.24) is 0 Å². The normalized spacial score (nSPS) is 13.8. The van der Waals surface area contributed by atoms with Gasteiger partial charge in [0, 0.05) is 6.42 Å². The van der Waals surface area contributed by atoms with Gasteiger partial charge in [-0.25, -0.2) is 0 Å². The lowest BCUT2D eigenvalue weighted by Crippen LogP contribution is -2.24. The van der Waals surface area contributed by atoms with Crippen LogP contribution in [-0.4, -0.2) is 30.1 Å². The lowest BCUT2D eigenvalue weighted by atomic mass is 10.3. The molecular formula is C8H18NO5P. The van der Waals surface area contributed by atoms with Crippen LogP contribution in [0.4, 0.5) is 0 Å². The third-order valence-corrected chi connectivity index (χ3v) is 3.98. The summed E-state index contributed by atoms with van der Waals surface area (Å²) in [7, 11) is -3.35. The van der Waals surface area contributed by atoms with Crippen LogP contribution in [0.15, 0.2) is 0 Å². The van der Waals surface area contributed by atoms with Crippen LogP contribution in [0.3, 0.4) is 0 Å². The molecule has 0 radical (unpaired) electrons. The van der Waals surface area contributed by atoms with E-state index in [4.69, 9.17) is 19.9 Å². The molecule has 90 valence electrons. The summed E-state index contributed by atoms with van der Waals surface area (Å²) in [5.41, 5.74) is 5.60. The lowest BCUT2D eigenvalue weighted by Gasteiger charge is -2.22. The van der Waals surface area contributed by atoms with Crippen molar-refractivity contribution < 1.29 is 23.5 Å². The van der Waals surface area contributed by atoms with E-state index in [1.165, 1.54) is 0 Å². The summed E-state index contributed by atoms with van der Waals surface area (Å²) < 4.78 is 21.9. The maximum Gasteiger partial charge on any atom is 0.347 e. The summed E-state index contributed by atoms with van der Waals surface area (Å²) in [6, 6.07) is 0. The number of carbonyl (C=O) groups is 1. The SMILES string of the molecule is CCOP(=O)(OCC)[C@@H](N)CCC(=O)O. The molecule has 0 heterocycles. The Bertz CT molecular complexity index is 235. The zero-order valence-electron chi connectivity index (χ0n) is 9.01. The number of carboxylic acid groups (broad SMARTS) is 1. The second kappa shape index (κ2) is 6.95. The maximum atomic E-state index is 12.0. The highest BCUT2D eigenvalue weighted by Crippen LogP contribution is 2.52. The Kier molecular flexibility index (Phi) is 6.76. The number of hydrogen-bond donors (Lipinski definition) is 2. The monoisotopic (exact) mass is 239 g/mol. The van der Waals surface area contributed by atoms with E-state index >= 15 is 0 Å². The van der Waals surface area contributed by atoms with Crippen molar-refractivity contribution in [2.75, 3.05) is 13.2 Å². The lowest BCUT2D eigenvalue weighted by molar-refractivity contribution is -0.137. The van der Waals surface area contributed by atoms with E-state index in [0.29, 0.717) is 0 Å². The molecule has 7 heteroatoms.